The van der Waals surface area contributed by atoms with E-state index in [0.717, 1.165) is 12.1 Å². The summed E-state index contributed by atoms with van der Waals surface area (Å²) in [7, 11) is 0. The van der Waals surface area contributed by atoms with Gasteiger partial charge >= 0.3 is 18.3 Å². The summed E-state index contributed by atoms with van der Waals surface area (Å²) >= 11 is 0. The molecule has 0 bridgehead atoms. The molecule has 47 heavy (non-hydrogen) atoms. The lowest BCUT2D eigenvalue weighted by Crippen LogP contribution is -2.08. The zero-order valence-electron chi connectivity index (χ0n) is 24.6. The van der Waals surface area contributed by atoms with E-state index < -0.39 is 29.4 Å². The minimum atomic E-state index is -4.53. The van der Waals surface area contributed by atoms with Gasteiger partial charge in [0.2, 0.25) is 5.91 Å². The number of nitrogens with zero attached hydrogens (tertiary/aromatic N) is 6. The second-order valence-corrected chi connectivity index (χ2v) is 10.2. The molecule has 0 saturated carbocycles. The second-order valence-electron chi connectivity index (χ2n) is 10.2. The summed E-state index contributed by atoms with van der Waals surface area (Å²) in [6.07, 6.45) is -6.11. The van der Waals surface area contributed by atoms with Crippen LogP contribution < -0.4 is 5.32 Å². The molecule has 6 rings (SSSR count). The van der Waals surface area contributed by atoms with Gasteiger partial charge in [0.25, 0.3) is 0 Å². The first-order valence-corrected chi connectivity index (χ1v) is 13.6. The van der Waals surface area contributed by atoms with Crippen LogP contribution in [-0.4, -0.2) is 46.2 Å². The summed E-state index contributed by atoms with van der Waals surface area (Å²) in [4.78, 5) is 31.0. The van der Waals surface area contributed by atoms with E-state index in [1.165, 1.54) is 83.8 Å². The number of nitrogens with one attached hydrogen (secondary N) is 1. The Morgan fingerprint density at radius 3 is 1.62 bits per heavy atom. The third-order valence-corrected chi connectivity index (χ3v) is 6.85. The van der Waals surface area contributed by atoms with Gasteiger partial charge < -0.3 is 10.4 Å². The summed E-state index contributed by atoms with van der Waals surface area (Å²) in [6.45, 7) is 4.52. The monoisotopic (exact) mass is 655 g/mol. The van der Waals surface area contributed by atoms with Crippen molar-refractivity contribution in [3.8, 4) is 22.5 Å². The average Bonchev–Trinajstić information content (AvgIpc) is 3.50. The standard InChI is InChI=1S/C16H13F3N4O.C15H10F3N3O2/c1-9-14(20-10(2)24)15-21-13(7-8-23(15)22-9)11-5-3-4-6-12(11)16(17,18)19;1-8-12(14(22)23)13-19-11(6-7-21(13)20-8)9-4-2-3-5-10(9)15(16,17)18/h3-8H,1-2H3,(H,20,24);2-7H,1H3,(H,22,23). The smallest absolute Gasteiger partial charge is 0.417 e. The molecule has 0 spiro atoms. The first-order chi connectivity index (χ1) is 22.1. The van der Waals surface area contributed by atoms with Crippen molar-refractivity contribution in [2.45, 2.75) is 33.1 Å². The van der Waals surface area contributed by atoms with Gasteiger partial charge in [-0.15, -0.1) is 0 Å². The first kappa shape index (κ1) is 32.6. The normalized spacial score (nSPS) is 11.8. The van der Waals surface area contributed by atoms with Crippen LogP contribution >= 0.6 is 0 Å². The summed E-state index contributed by atoms with van der Waals surface area (Å²) in [5, 5.41) is 20.0. The molecule has 1 amide bonds. The molecule has 2 N–H and O–H groups in total. The maximum atomic E-state index is 13.2. The second kappa shape index (κ2) is 12.2. The lowest BCUT2D eigenvalue weighted by Gasteiger charge is -2.12. The van der Waals surface area contributed by atoms with Crippen LogP contribution in [0.15, 0.2) is 73.1 Å². The van der Waals surface area contributed by atoms with Gasteiger partial charge in [-0.25, -0.2) is 23.8 Å². The number of rotatable bonds is 4. The van der Waals surface area contributed by atoms with Crippen LogP contribution in [0.2, 0.25) is 0 Å². The molecule has 0 unspecified atom stereocenters. The van der Waals surface area contributed by atoms with E-state index in [2.05, 4.69) is 25.5 Å². The molecule has 0 atom stereocenters. The number of aromatic carboxylic acids is 1. The highest BCUT2D eigenvalue weighted by Gasteiger charge is 2.35. The number of benzene rings is 2. The number of amides is 1. The number of carboxylic acids is 1. The van der Waals surface area contributed by atoms with Crippen LogP contribution in [0.3, 0.4) is 0 Å². The number of aryl methyl sites for hydroxylation is 2. The number of alkyl halides is 6. The maximum absolute atomic E-state index is 13.2. The van der Waals surface area contributed by atoms with Crippen LogP contribution in [0.5, 0.6) is 0 Å². The third-order valence-electron chi connectivity index (χ3n) is 6.85. The number of carbonyl (C=O) groups excluding carboxylic acids is 1. The first-order valence-electron chi connectivity index (χ1n) is 13.6. The Morgan fingerprint density at radius 1 is 0.702 bits per heavy atom. The highest BCUT2D eigenvalue weighted by atomic mass is 19.4. The van der Waals surface area contributed by atoms with Crippen LogP contribution in [0.4, 0.5) is 32.0 Å². The minimum Gasteiger partial charge on any atom is -0.477 e. The molecule has 6 aromatic rings. The molecule has 2 aromatic carbocycles. The molecule has 0 aliphatic rings. The maximum Gasteiger partial charge on any atom is 0.417 e. The van der Waals surface area contributed by atoms with E-state index in [1.54, 1.807) is 6.92 Å². The molecule has 0 fully saturated rings. The molecule has 0 saturated heterocycles. The van der Waals surface area contributed by atoms with Gasteiger partial charge in [0, 0.05) is 30.4 Å². The number of hydrogen-bond acceptors (Lipinski definition) is 6. The average molecular weight is 656 g/mol. The molecular weight excluding hydrogens is 632 g/mol. The summed E-state index contributed by atoms with van der Waals surface area (Å²) in [5.41, 5.74) is -0.228. The Morgan fingerprint density at radius 2 is 1.15 bits per heavy atom. The van der Waals surface area contributed by atoms with Crippen LogP contribution in [-0.2, 0) is 17.1 Å². The molecular formula is C31H23F6N7O3. The van der Waals surface area contributed by atoms with Crippen molar-refractivity contribution >= 4 is 28.9 Å². The summed E-state index contributed by atoms with van der Waals surface area (Å²) in [6, 6.07) is 13.1. The zero-order chi connectivity index (χ0) is 34.3. The van der Waals surface area contributed by atoms with Crippen molar-refractivity contribution in [3.63, 3.8) is 0 Å². The van der Waals surface area contributed by atoms with E-state index in [-0.39, 0.29) is 51.0 Å². The molecule has 16 heteroatoms. The molecule has 0 aliphatic heterocycles. The topological polar surface area (TPSA) is 127 Å². The van der Waals surface area contributed by atoms with Gasteiger partial charge in [0.05, 0.1) is 33.9 Å². The van der Waals surface area contributed by atoms with Gasteiger partial charge in [0.15, 0.2) is 11.3 Å². The number of fused-ring (bicyclic) bond motifs is 2. The number of aromatic nitrogens is 6. The molecule has 0 radical (unpaired) electrons. The fourth-order valence-electron chi connectivity index (χ4n) is 4.86. The van der Waals surface area contributed by atoms with Crippen molar-refractivity contribution in [3.05, 3.63) is 101 Å². The van der Waals surface area contributed by atoms with E-state index >= 15 is 0 Å². The van der Waals surface area contributed by atoms with Gasteiger partial charge in [-0.1, -0.05) is 36.4 Å². The Labute approximate surface area is 261 Å². The van der Waals surface area contributed by atoms with E-state index in [4.69, 9.17) is 0 Å². The lowest BCUT2D eigenvalue weighted by atomic mass is 10.0. The van der Waals surface area contributed by atoms with Crippen LogP contribution in [0.25, 0.3) is 33.8 Å². The number of carbonyl (C=O) groups is 2. The van der Waals surface area contributed by atoms with Crippen molar-refractivity contribution in [1.82, 2.24) is 29.2 Å². The van der Waals surface area contributed by atoms with Gasteiger partial charge in [-0.2, -0.15) is 36.5 Å². The fraction of sp³-hybridized carbons (Fsp3) is 0.161. The molecule has 4 aromatic heterocycles. The fourth-order valence-corrected chi connectivity index (χ4v) is 4.86. The summed E-state index contributed by atoms with van der Waals surface area (Å²) < 4.78 is 81.6. The number of anilines is 1. The Balaban J connectivity index is 0.000000185. The number of carboxylic acid groups (broad SMARTS) is 1. The predicted molar refractivity (Wildman–Crippen MR) is 158 cm³/mol. The van der Waals surface area contributed by atoms with Crippen molar-refractivity contribution < 1.29 is 41.0 Å². The largest absolute Gasteiger partial charge is 0.477 e. The van der Waals surface area contributed by atoms with Crippen LogP contribution in [0.1, 0.15) is 39.8 Å². The molecule has 0 aliphatic carbocycles. The number of halogens is 6. The van der Waals surface area contributed by atoms with E-state index in [1.807, 2.05) is 0 Å². The SMILES string of the molecule is CC(=O)Nc1c(C)nn2ccc(-c3ccccc3C(F)(F)F)nc12.Cc1nn2ccc(-c3ccccc3C(F)(F)F)nc2c1C(=O)O. The van der Waals surface area contributed by atoms with E-state index in [9.17, 15) is 41.0 Å². The number of hydrogen-bond donors (Lipinski definition) is 2. The quantitative estimate of drug-likeness (QED) is 0.194. The van der Waals surface area contributed by atoms with Gasteiger partial charge in [0.1, 0.15) is 11.3 Å². The Hall–Kier alpha value is -5.80. The van der Waals surface area contributed by atoms with Gasteiger partial charge in [-0.3, -0.25) is 4.79 Å². The summed E-state index contributed by atoms with van der Waals surface area (Å²) in [5.74, 6) is -1.54. The lowest BCUT2D eigenvalue weighted by molar-refractivity contribution is -0.137. The third kappa shape index (κ3) is 6.61. The van der Waals surface area contributed by atoms with Gasteiger partial charge in [-0.05, 0) is 38.1 Å². The highest BCUT2D eigenvalue weighted by molar-refractivity contribution is 5.96. The molecule has 10 nitrogen and oxygen atoms in total. The van der Waals surface area contributed by atoms with Crippen molar-refractivity contribution in [1.29, 1.82) is 0 Å². The molecule has 242 valence electrons. The predicted octanol–water partition coefficient (Wildman–Crippen LogP) is 7.10. The Kier molecular flexibility index (Phi) is 8.45. The van der Waals surface area contributed by atoms with E-state index in [0.29, 0.717) is 11.4 Å². The zero-order valence-corrected chi connectivity index (χ0v) is 24.6. The molecule has 4 heterocycles. The van der Waals surface area contributed by atoms with Crippen molar-refractivity contribution in [2.24, 2.45) is 0 Å². The Bertz CT molecular complexity index is 2150. The highest BCUT2D eigenvalue weighted by Crippen LogP contribution is 2.38. The van der Waals surface area contributed by atoms with Crippen LogP contribution in [0, 0.1) is 13.8 Å². The van der Waals surface area contributed by atoms with Crippen molar-refractivity contribution in [2.75, 3.05) is 5.32 Å². The minimum absolute atomic E-state index is 0.00415.